The van der Waals surface area contributed by atoms with Gasteiger partial charge in [0.1, 0.15) is 11.9 Å². The maximum Gasteiger partial charge on any atom is 0.417 e. The van der Waals surface area contributed by atoms with Crippen molar-refractivity contribution in [2.75, 3.05) is 20.2 Å². The van der Waals surface area contributed by atoms with Crippen LogP contribution in [0.3, 0.4) is 0 Å². The highest BCUT2D eigenvalue weighted by atomic mass is 19.4. The maximum absolute atomic E-state index is 13.7. The average molecular weight is 333 g/mol. The highest BCUT2D eigenvalue weighted by molar-refractivity contribution is 5.48. The Morgan fingerprint density at radius 1 is 1.22 bits per heavy atom. The monoisotopic (exact) mass is 333 g/mol. The molecule has 2 rings (SSSR count). The van der Waals surface area contributed by atoms with Crippen LogP contribution in [-0.2, 0) is 12.7 Å². The number of methoxy groups -OCH3 is 1. The van der Waals surface area contributed by atoms with Crippen LogP contribution in [0, 0.1) is 0 Å². The fourth-order valence-corrected chi connectivity index (χ4v) is 3.16. The van der Waals surface area contributed by atoms with Gasteiger partial charge in [0, 0.05) is 25.2 Å². The van der Waals surface area contributed by atoms with Crippen molar-refractivity contribution in [3.8, 4) is 5.75 Å². The molecule has 2 nitrogen and oxygen atoms in total. The number of ether oxygens (including phenoxy) is 1. The van der Waals surface area contributed by atoms with Gasteiger partial charge in [0.2, 0.25) is 0 Å². The predicted molar refractivity (Wildman–Crippen MR) is 81.5 cm³/mol. The van der Waals surface area contributed by atoms with Gasteiger partial charge in [-0.25, -0.2) is 4.39 Å². The van der Waals surface area contributed by atoms with Crippen molar-refractivity contribution in [3.05, 3.63) is 28.8 Å². The molecule has 1 saturated heterocycles. The van der Waals surface area contributed by atoms with Crippen molar-refractivity contribution in [3.63, 3.8) is 0 Å². The minimum absolute atomic E-state index is 0.186. The Hall–Kier alpha value is -1.30. The second-order valence-corrected chi connectivity index (χ2v) is 6.32. The predicted octanol–water partition coefficient (Wildman–Crippen LogP) is 4.77. The van der Waals surface area contributed by atoms with Gasteiger partial charge in [0.05, 0.1) is 12.7 Å². The van der Waals surface area contributed by atoms with E-state index in [0.717, 1.165) is 0 Å². The summed E-state index contributed by atoms with van der Waals surface area (Å²) in [5.74, 6) is -0.0448. The van der Waals surface area contributed by atoms with Crippen LogP contribution >= 0.6 is 0 Å². The molecule has 6 heteroatoms. The van der Waals surface area contributed by atoms with E-state index in [1.165, 1.54) is 13.2 Å². The summed E-state index contributed by atoms with van der Waals surface area (Å²) in [5.41, 5.74) is -0.175. The molecule has 0 aliphatic carbocycles. The zero-order valence-corrected chi connectivity index (χ0v) is 13.7. The van der Waals surface area contributed by atoms with E-state index in [4.69, 9.17) is 4.74 Å². The zero-order valence-electron chi connectivity index (χ0n) is 13.7. The van der Waals surface area contributed by atoms with Crippen LogP contribution in [0.15, 0.2) is 12.1 Å². The molecule has 1 aromatic carbocycles. The van der Waals surface area contributed by atoms with Crippen LogP contribution < -0.4 is 4.74 Å². The smallest absolute Gasteiger partial charge is 0.417 e. The zero-order chi connectivity index (χ0) is 17.2. The lowest BCUT2D eigenvalue weighted by Crippen LogP contribution is -2.34. The molecule has 0 radical (unpaired) electrons. The number of hydrogen-bond donors (Lipinski definition) is 0. The summed E-state index contributed by atoms with van der Waals surface area (Å²) in [6.07, 6.45) is -4.51. The molecule has 130 valence electrons. The molecule has 1 fully saturated rings. The van der Waals surface area contributed by atoms with E-state index in [0.29, 0.717) is 25.9 Å². The lowest BCUT2D eigenvalue weighted by Gasteiger charge is -2.30. The highest BCUT2D eigenvalue weighted by Gasteiger charge is 2.38. The summed E-state index contributed by atoms with van der Waals surface area (Å²) < 4.78 is 59.4. The third-order valence-electron chi connectivity index (χ3n) is 4.28. The third kappa shape index (κ3) is 4.16. The van der Waals surface area contributed by atoms with E-state index < -0.39 is 17.9 Å². The summed E-state index contributed by atoms with van der Waals surface area (Å²) >= 11 is 0. The summed E-state index contributed by atoms with van der Waals surface area (Å²) in [6, 6.07) is 3.08. The van der Waals surface area contributed by atoms with Gasteiger partial charge in [0.25, 0.3) is 0 Å². The summed E-state index contributed by atoms with van der Waals surface area (Å²) in [7, 11) is 1.38. The molecule has 23 heavy (non-hydrogen) atoms. The van der Waals surface area contributed by atoms with E-state index >= 15 is 0 Å². The summed E-state index contributed by atoms with van der Waals surface area (Å²) in [5, 5.41) is 0. The van der Waals surface area contributed by atoms with Gasteiger partial charge in [-0.05, 0) is 30.4 Å². The Morgan fingerprint density at radius 3 is 2.30 bits per heavy atom. The minimum atomic E-state index is -4.44. The second-order valence-electron chi connectivity index (χ2n) is 6.32. The molecule has 1 aliphatic rings. The van der Waals surface area contributed by atoms with Gasteiger partial charge >= 0.3 is 6.18 Å². The van der Waals surface area contributed by atoms with Crippen LogP contribution in [0.5, 0.6) is 5.75 Å². The van der Waals surface area contributed by atoms with E-state index in [1.807, 2.05) is 4.90 Å². The van der Waals surface area contributed by atoms with E-state index in [9.17, 15) is 17.6 Å². The van der Waals surface area contributed by atoms with Crippen molar-refractivity contribution in [1.29, 1.82) is 0 Å². The molecule has 0 bridgehead atoms. The third-order valence-corrected chi connectivity index (χ3v) is 4.28. The lowest BCUT2D eigenvalue weighted by molar-refractivity contribution is -0.139. The highest BCUT2D eigenvalue weighted by Crippen LogP contribution is 2.42. The molecule has 0 saturated carbocycles. The Bertz CT molecular complexity index is 534. The standard InChI is InChI=1S/C17H23F4NO/c1-11(2)15-14(23-3)5-4-12(16(15)17(19,20)21)10-22-8-6-13(18)7-9-22/h4-5,11,13H,6-10H2,1-3H3. The molecule has 0 atom stereocenters. The topological polar surface area (TPSA) is 12.5 Å². The molecule has 0 amide bonds. The molecule has 0 spiro atoms. The van der Waals surface area contributed by atoms with E-state index in [1.54, 1.807) is 19.9 Å². The van der Waals surface area contributed by atoms with Crippen molar-refractivity contribution in [2.45, 2.75) is 51.5 Å². The van der Waals surface area contributed by atoms with Crippen LogP contribution in [0.2, 0.25) is 0 Å². The lowest BCUT2D eigenvalue weighted by atomic mass is 9.91. The first kappa shape index (κ1) is 18.0. The molecule has 1 heterocycles. The second kappa shape index (κ2) is 7.07. The SMILES string of the molecule is COc1ccc(CN2CCC(F)CC2)c(C(F)(F)F)c1C(C)C. The summed E-state index contributed by atoms with van der Waals surface area (Å²) in [4.78, 5) is 1.89. The number of piperidine rings is 1. The number of rotatable bonds is 4. The van der Waals surface area contributed by atoms with Crippen LogP contribution in [-0.4, -0.2) is 31.3 Å². The molecule has 1 aliphatic heterocycles. The van der Waals surface area contributed by atoms with Crippen molar-refractivity contribution < 1.29 is 22.3 Å². The van der Waals surface area contributed by atoms with Gasteiger partial charge in [-0.2, -0.15) is 13.2 Å². The van der Waals surface area contributed by atoms with Gasteiger partial charge in [-0.1, -0.05) is 19.9 Å². The van der Waals surface area contributed by atoms with Gasteiger partial charge in [0.15, 0.2) is 0 Å². The van der Waals surface area contributed by atoms with E-state index in [-0.39, 0.29) is 29.3 Å². The molecule has 1 aromatic rings. The first-order chi connectivity index (χ1) is 10.7. The van der Waals surface area contributed by atoms with Crippen LogP contribution in [0.1, 0.15) is 49.3 Å². The number of hydrogen-bond acceptors (Lipinski definition) is 2. The van der Waals surface area contributed by atoms with Crippen molar-refractivity contribution in [1.82, 2.24) is 4.90 Å². The van der Waals surface area contributed by atoms with Gasteiger partial charge in [-0.15, -0.1) is 0 Å². The first-order valence-electron chi connectivity index (χ1n) is 7.87. The van der Waals surface area contributed by atoms with E-state index in [2.05, 4.69) is 0 Å². The number of benzene rings is 1. The summed E-state index contributed by atoms with van der Waals surface area (Å²) in [6.45, 7) is 4.62. The number of likely N-dealkylation sites (tertiary alicyclic amines) is 1. The Kier molecular flexibility index (Phi) is 5.55. The van der Waals surface area contributed by atoms with Crippen LogP contribution in [0.25, 0.3) is 0 Å². The minimum Gasteiger partial charge on any atom is -0.496 e. The number of alkyl halides is 4. The first-order valence-corrected chi connectivity index (χ1v) is 7.87. The van der Waals surface area contributed by atoms with Crippen LogP contribution in [0.4, 0.5) is 17.6 Å². The Balaban J connectivity index is 2.40. The molecular formula is C17H23F4NO. The van der Waals surface area contributed by atoms with Gasteiger partial charge in [-0.3, -0.25) is 4.90 Å². The quantitative estimate of drug-likeness (QED) is 0.736. The molecule has 0 aromatic heterocycles. The van der Waals surface area contributed by atoms with Crippen molar-refractivity contribution >= 4 is 0 Å². The normalized spacial score (nSPS) is 17.7. The molecule has 0 unspecified atom stereocenters. The fraction of sp³-hybridized carbons (Fsp3) is 0.647. The fourth-order valence-electron chi connectivity index (χ4n) is 3.16. The van der Waals surface area contributed by atoms with Gasteiger partial charge < -0.3 is 4.74 Å². The maximum atomic E-state index is 13.7. The Labute approximate surface area is 134 Å². The molecule has 0 N–H and O–H groups in total. The molecular weight excluding hydrogens is 310 g/mol. The largest absolute Gasteiger partial charge is 0.496 e. The Morgan fingerprint density at radius 2 is 1.83 bits per heavy atom. The number of halogens is 4. The average Bonchev–Trinajstić information content (AvgIpc) is 2.47. The van der Waals surface area contributed by atoms with Crippen molar-refractivity contribution in [2.24, 2.45) is 0 Å². The number of nitrogens with zero attached hydrogens (tertiary/aromatic N) is 1.